The number of amides is 3. The number of carbonyl (C=O) groups is 2. The molecule has 0 aromatic heterocycles. The van der Waals surface area contributed by atoms with Crippen LogP contribution in [-0.4, -0.2) is 30.0 Å². The van der Waals surface area contributed by atoms with E-state index in [2.05, 4.69) is 23.6 Å². The van der Waals surface area contributed by atoms with Gasteiger partial charge in [-0.15, -0.1) is 0 Å². The highest BCUT2D eigenvalue weighted by molar-refractivity contribution is 5.95. The van der Waals surface area contributed by atoms with Gasteiger partial charge in [0, 0.05) is 22.8 Å². The molecule has 1 aliphatic heterocycles. The van der Waals surface area contributed by atoms with Crippen LogP contribution >= 0.6 is 0 Å². The van der Waals surface area contributed by atoms with Crippen LogP contribution in [-0.2, 0) is 11.3 Å². The van der Waals surface area contributed by atoms with E-state index in [1.807, 2.05) is 49.1 Å². The van der Waals surface area contributed by atoms with Crippen molar-refractivity contribution in [2.75, 3.05) is 17.7 Å². The van der Waals surface area contributed by atoms with Crippen molar-refractivity contribution >= 4 is 23.3 Å². The normalized spacial score (nSPS) is 23.0. The standard InChI is InChI=1S/C25H31N3O3/c1-16-6-5-7-21-20(16)15-28(24(30)27-21)19-10-12-25(3,13-11-19)23(29)26-18-8-9-22(31-4)17(2)14-18/h5-9,14,19H,10-13,15H2,1-4H3,(H,26,29)(H,27,30). The summed E-state index contributed by atoms with van der Waals surface area (Å²) >= 11 is 0. The third-order valence-corrected chi connectivity index (χ3v) is 6.94. The Bertz CT molecular complexity index is 1010. The molecule has 1 aliphatic carbocycles. The molecule has 6 nitrogen and oxygen atoms in total. The maximum absolute atomic E-state index is 13.1. The highest BCUT2D eigenvalue weighted by Crippen LogP contribution is 2.40. The lowest BCUT2D eigenvalue weighted by Crippen LogP contribution is -2.49. The molecule has 1 fully saturated rings. The number of nitrogens with zero attached hydrogens (tertiary/aromatic N) is 1. The van der Waals surface area contributed by atoms with Crippen LogP contribution in [0.4, 0.5) is 16.2 Å². The van der Waals surface area contributed by atoms with Gasteiger partial charge >= 0.3 is 6.03 Å². The number of ether oxygens (including phenoxy) is 1. The number of nitrogens with one attached hydrogen (secondary N) is 2. The van der Waals surface area contributed by atoms with Crippen LogP contribution in [0.1, 0.15) is 49.3 Å². The monoisotopic (exact) mass is 421 g/mol. The van der Waals surface area contributed by atoms with Crippen LogP contribution in [0, 0.1) is 19.3 Å². The number of aryl methyl sites for hydroxylation is 2. The van der Waals surface area contributed by atoms with E-state index in [0.717, 1.165) is 48.4 Å². The molecule has 164 valence electrons. The number of anilines is 2. The Morgan fingerprint density at radius 1 is 1.16 bits per heavy atom. The van der Waals surface area contributed by atoms with E-state index in [0.29, 0.717) is 6.54 Å². The van der Waals surface area contributed by atoms with Crippen molar-refractivity contribution in [2.45, 2.75) is 59.0 Å². The summed E-state index contributed by atoms with van der Waals surface area (Å²) in [4.78, 5) is 27.7. The lowest BCUT2D eigenvalue weighted by Gasteiger charge is -2.42. The summed E-state index contributed by atoms with van der Waals surface area (Å²) < 4.78 is 5.30. The molecule has 3 amide bonds. The van der Waals surface area contributed by atoms with Gasteiger partial charge in [-0.05, 0) is 80.5 Å². The predicted octanol–water partition coefficient (Wildman–Crippen LogP) is 5.25. The summed E-state index contributed by atoms with van der Waals surface area (Å²) in [6.45, 7) is 6.71. The van der Waals surface area contributed by atoms with Crippen molar-refractivity contribution in [3.05, 3.63) is 53.1 Å². The average Bonchev–Trinajstić information content (AvgIpc) is 2.74. The quantitative estimate of drug-likeness (QED) is 0.709. The maximum Gasteiger partial charge on any atom is 0.322 e. The summed E-state index contributed by atoms with van der Waals surface area (Å²) in [7, 11) is 1.64. The maximum atomic E-state index is 13.1. The number of fused-ring (bicyclic) bond motifs is 1. The molecule has 2 aliphatic rings. The Morgan fingerprint density at radius 2 is 1.90 bits per heavy atom. The van der Waals surface area contributed by atoms with Crippen molar-refractivity contribution in [1.29, 1.82) is 0 Å². The van der Waals surface area contributed by atoms with Gasteiger partial charge < -0.3 is 20.3 Å². The molecule has 1 saturated carbocycles. The van der Waals surface area contributed by atoms with Gasteiger partial charge in [-0.2, -0.15) is 0 Å². The van der Waals surface area contributed by atoms with Gasteiger partial charge in [0.1, 0.15) is 5.75 Å². The fourth-order valence-corrected chi connectivity index (χ4v) is 4.77. The molecule has 2 aromatic rings. The summed E-state index contributed by atoms with van der Waals surface area (Å²) in [6.07, 6.45) is 3.15. The summed E-state index contributed by atoms with van der Waals surface area (Å²) in [5.74, 6) is 0.848. The average molecular weight is 422 g/mol. The van der Waals surface area contributed by atoms with E-state index in [4.69, 9.17) is 4.74 Å². The van der Waals surface area contributed by atoms with E-state index in [9.17, 15) is 9.59 Å². The number of carbonyl (C=O) groups excluding carboxylic acids is 2. The van der Waals surface area contributed by atoms with Crippen molar-refractivity contribution in [3.8, 4) is 5.75 Å². The highest BCUT2D eigenvalue weighted by Gasteiger charge is 2.41. The SMILES string of the molecule is COc1ccc(NC(=O)C2(C)CCC(N3Cc4c(C)cccc4NC3=O)CC2)cc1C. The Labute approximate surface area is 184 Å². The number of methoxy groups -OCH3 is 1. The molecule has 0 radical (unpaired) electrons. The highest BCUT2D eigenvalue weighted by atomic mass is 16.5. The first-order valence-corrected chi connectivity index (χ1v) is 10.9. The van der Waals surface area contributed by atoms with Gasteiger partial charge in [-0.25, -0.2) is 4.79 Å². The molecule has 2 N–H and O–H groups in total. The predicted molar refractivity (Wildman–Crippen MR) is 122 cm³/mol. The molecule has 0 spiro atoms. The number of rotatable bonds is 4. The minimum atomic E-state index is -0.440. The Morgan fingerprint density at radius 3 is 2.58 bits per heavy atom. The second kappa shape index (κ2) is 8.25. The van der Waals surface area contributed by atoms with Crippen LogP contribution in [0.5, 0.6) is 5.75 Å². The van der Waals surface area contributed by atoms with Gasteiger partial charge in [0.05, 0.1) is 13.7 Å². The van der Waals surface area contributed by atoms with E-state index in [-0.39, 0.29) is 18.0 Å². The molecule has 6 heteroatoms. The van der Waals surface area contributed by atoms with Gasteiger partial charge in [0.15, 0.2) is 0 Å². The van der Waals surface area contributed by atoms with E-state index in [1.165, 1.54) is 11.1 Å². The Hall–Kier alpha value is -3.02. The topological polar surface area (TPSA) is 70.7 Å². The smallest absolute Gasteiger partial charge is 0.322 e. The van der Waals surface area contributed by atoms with Gasteiger partial charge in [0.25, 0.3) is 0 Å². The minimum Gasteiger partial charge on any atom is -0.496 e. The van der Waals surface area contributed by atoms with Crippen LogP contribution in [0.3, 0.4) is 0 Å². The van der Waals surface area contributed by atoms with Crippen molar-refractivity contribution in [3.63, 3.8) is 0 Å². The largest absolute Gasteiger partial charge is 0.496 e. The number of hydrogen-bond acceptors (Lipinski definition) is 3. The van der Waals surface area contributed by atoms with Crippen molar-refractivity contribution in [1.82, 2.24) is 4.90 Å². The molecular formula is C25H31N3O3. The zero-order valence-electron chi connectivity index (χ0n) is 18.7. The summed E-state index contributed by atoms with van der Waals surface area (Å²) in [6, 6.07) is 11.8. The molecule has 0 unspecified atom stereocenters. The molecule has 1 heterocycles. The number of hydrogen-bond donors (Lipinski definition) is 2. The van der Waals surface area contributed by atoms with E-state index >= 15 is 0 Å². The van der Waals surface area contributed by atoms with Crippen LogP contribution in [0.15, 0.2) is 36.4 Å². The summed E-state index contributed by atoms with van der Waals surface area (Å²) in [5, 5.41) is 6.12. The molecular weight excluding hydrogens is 390 g/mol. The van der Waals surface area contributed by atoms with E-state index < -0.39 is 5.41 Å². The van der Waals surface area contributed by atoms with Crippen molar-refractivity contribution in [2.24, 2.45) is 5.41 Å². The lowest BCUT2D eigenvalue weighted by atomic mass is 9.72. The minimum absolute atomic E-state index is 0.0372. The second-order valence-corrected chi connectivity index (χ2v) is 9.09. The Kier molecular flexibility index (Phi) is 5.65. The number of benzene rings is 2. The third-order valence-electron chi connectivity index (χ3n) is 6.94. The lowest BCUT2D eigenvalue weighted by molar-refractivity contribution is -0.126. The molecule has 0 atom stereocenters. The third kappa shape index (κ3) is 4.11. The molecule has 0 bridgehead atoms. The van der Waals surface area contributed by atoms with Crippen LogP contribution in [0.2, 0.25) is 0 Å². The first-order valence-electron chi connectivity index (χ1n) is 10.9. The van der Waals surface area contributed by atoms with Gasteiger partial charge in [0.2, 0.25) is 5.91 Å². The zero-order valence-corrected chi connectivity index (χ0v) is 18.7. The van der Waals surface area contributed by atoms with Gasteiger partial charge in [-0.3, -0.25) is 4.79 Å². The molecule has 31 heavy (non-hydrogen) atoms. The zero-order chi connectivity index (χ0) is 22.2. The second-order valence-electron chi connectivity index (χ2n) is 9.09. The summed E-state index contributed by atoms with van der Waals surface area (Å²) in [5.41, 5.74) is 4.62. The fraction of sp³-hybridized carbons (Fsp3) is 0.440. The van der Waals surface area contributed by atoms with Crippen LogP contribution < -0.4 is 15.4 Å². The fourth-order valence-electron chi connectivity index (χ4n) is 4.77. The van der Waals surface area contributed by atoms with Gasteiger partial charge in [-0.1, -0.05) is 19.1 Å². The number of urea groups is 1. The molecule has 2 aromatic carbocycles. The Balaban J connectivity index is 1.40. The first kappa shape index (κ1) is 21.2. The van der Waals surface area contributed by atoms with Crippen LogP contribution in [0.25, 0.3) is 0 Å². The first-order chi connectivity index (χ1) is 14.8. The van der Waals surface area contributed by atoms with Crippen molar-refractivity contribution < 1.29 is 14.3 Å². The molecule has 0 saturated heterocycles. The molecule has 4 rings (SSSR count). The van der Waals surface area contributed by atoms with E-state index in [1.54, 1.807) is 7.11 Å².